The van der Waals surface area contributed by atoms with Gasteiger partial charge in [-0.25, -0.2) is 4.98 Å². The highest BCUT2D eigenvalue weighted by Crippen LogP contribution is 2.29. The summed E-state index contributed by atoms with van der Waals surface area (Å²) in [5.41, 5.74) is 7.95. The van der Waals surface area contributed by atoms with Gasteiger partial charge >= 0.3 is 0 Å². The Morgan fingerprint density at radius 1 is 1.10 bits per heavy atom. The highest BCUT2D eigenvalue weighted by Gasteiger charge is 2.23. The average Bonchev–Trinajstić information content (AvgIpc) is 3.17. The zero-order valence-electron chi connectivity index (χ0n) is 16.8. The number of methoxy groups -OCH3 is 2. The largest absolute Gasteiger partial charge is 0.497 e. The molecule has 3 aromatic rings. The summed E-state index contributed by atoms with van der Waals surface area (Å²) in [4.78, 5) is 17.3. The molecule has 1 amide bonds. The first-order valence-corrected chi connectivity index (χ1v) is 9.32. The second kappa shape index (κ2) is 9.25. The summed E-state index contributed by atoms with van der Waals surface area (Å²) in [5, 5.41) is 3.07. The zero-order chi connectivity index (χ0) is 20.8. The van der Waals surface area contributed by atoms with Crippen LogP contribution in [0, 0.1) is 0 Å². The van der Waals surface area contributed by atoms with Crippen molar-refractivity contribution in [3.05, 3.63) is 77.9 Å². The van der Waals surface area contributed by atoms with E-state index in [0.717, 1.165) is 11.1 Å². The van der Waals surface area contributed by atoms with Crippen LogP contribution in [0.15, 0.2) is 60.9 Å². The molecule has 7 heteroatoms. The summed E-state index contributed by atoms with van der Waals surface area (Å²) >= 11 is 0. The van der Waals surface area contributed by atoms with Crippen LogP contribution in [-0.4, -0.2) is 29.7 Å². The molecule has 0 radical (unpaired) electrons. The van der Waals surface area contributed by atoms with E-state index in [1.54, 1.807) is 26.5 Å². The minimum absolute atomic E-state index is 0.159. The van der Waals surface area contributed by atoms with Crippen molar-refractivity contribution in [2.45, 2.75) is 18.5 Å². The third-order valence-corrected chi connectivity index (χ3v) is 4.76. The molecule has 1 heterocycles. The summed E-state index contributed by atoms with van der Waals surface area (Å²) in [6.45, 7) is 0. The molecule has 3 rings (SSSR count). The number of carbonyl (C=O) groups is 1. The predicted molar refractivity (Wildman–Crippen MR) is 111 cm³/mol. The van der Waals surface area contributed by atoms with Crippen molar-refractivity contribution in [2.75, 3.05) is 14.2 Å². The van der Waals surface area contributed by atoms with Gasteiger partial charge in [-0.15, -0.1) is 0 Å². The topological polar surface area (TPSA) is 91.4 Å². The Balaban J connectivity index is 1.87. The fraction of sp³-hybridized carbons (Fsp3) is 0.273. The number of amides is 1. The maximum atomic E-state index is 12.8. The van der Waals surface area contributed by atoms with Crippen LogP contribution in [0.25, 0.3) is 0 Å². The molecule has 1 aromatic heterocycles. The molecule has 0 aliphatic heterocycles. The van der Waals surface area contributed by atoms with Crippen molar-refractivity contribution >= 4 is 5.91 Å². The minimum Gasteiger partial charge on any atom is -0.497 e. The molecule has 2 aromatic carbocycles. The molecule has 2 unspecified atom stereocenters. The standard InChI is InChI=1S/C22H26N4O3/c1-26-10-9-24-22(26)21(16-11-17(28-2)13-18(12-16)29-3)25-20(27)14-19(23)15-7-5-4-6-8-15/h4-13,19,21H,14,23H2,1-3H3,(H,25,27). The lowest BCUT2D eigenvalue weighted by molar-refractivity contribution is -0.122. The maximum Gasteiger partial charge on any atom is 0.222 e. The van der Waals surface area contributed by atoms with Gasteiger partial charge in [0.15, 0.2) is 0 Å². The van der Waals surface area contributed by atoms with Crippen molar-refractivity contribution in [3.8, 4) is 11.5 Å². The van der Waals surface area contributed by atoms with Crippen LogP contribution in [0.2, 0.25) is 0 Å². The monoisotopic (exact) mass is 394 g/mol. The zero-order valence-corrected chi connectivity index (χ0v) is 16.8. The normalized spacial score (nSPS) is 12.8. The second-order valence-electron chi connectivity index (χ2n) is 6.76. The molecular weight excluding hydrogens is 368 g/mol. The van der Waals surface area contributed by atoms with Crippen molar-refractivity contribution in [3.63, 3.8) is 0 Å². The van der Waals surface area contributed by atoms with Gasteiger partial charge in [0.05, 0.1) is 14.2 Å². The fourth-order valence-corrected chi connectivity index (χ4v) is 3.19. The van der Waals surface area contributed by atoms with Crippen molar-refractivity contribution in [1.29, 1.82) is 0 Å². The van der Waals surface area contributed by atoms with Gasteiger partial charge in [0.25, 0.3) is 0 Å². The lowest BCUT2D eigenvalue weighted by atomic mass is 10.0. The Morgan fingerprint density at radius 3 is 2.31 bits per heavy atom. The third kappa shape index (κ3) is 4.94. The summed E-state index contributed by atoms with van der Waals surface area (Å²) in [6.07, 6.45) is 3.69. The van der Waals surface area contributed by atoms with Gasteiger partial charge in [0, 0.05) is 38.0 Å². The number of aromatic nitrogens is 2. The van der Waals surface area contributed by atoms with Crippen LogP contribution in [0.5, 0.6) is 11.5 Å². The highest BCUT2D eigenvalue weighted by atomic mass is 16.5. The van der Waals surface area contributed by atoms with E-state index in [9.17, 15) is 4.79 Å². The molecule has 2 atom stereocenters. The van der Waals surface area contributed by atoms with Crippen LogP contribution in [-0.2, 0) is 11.8 Å². The molecule has 0 saturated carbocycles. The van der Waals surface area contributed by atoms with Crippen molar-refractivity contribution in [2.24, 2.45) is 12.8 Å². The second-order valence-corrected chi connectivity index (χ2v) is 6.76. The molecule has 0 bridgehead atoms. The SMILES string of the molecule is COc1cc(OC)cc(C(NC(=O)CC(N)c2ccccc2)c2nccn2C)c1. The van der Waals surface area contributed by atoms with Crippen LogP contribution in [0.1, 0.15) is 35.5 Å². The number of aryl methyl sites for hydroxylation is 1. The molecule has 0 fully saturated rings. The Kier molecular flexibility index (Phi) is 6.51. The van der Waals surface area contributed by atoms with Crippen molar-refractivity contribution < 1.29 is 14.3 Å². The molecule has 152 valence electrons. The number of rotatable bonds is 8. The lowest BCUT2D eigenvalue weighted by Gasteiger charge is -2.21. The lowest BCUT2D eigenvalue weighted by Crippen LogP contribution is -2.33. The Hall–Kier alpha value is -3.32. The number of nitrogens with two attached hydrogens (primary N) is 1. The van der Waals surface area contributed by atoms with Gasteiger partial charge in [0.1, 0.15) is 23.4 Å². The Morgan fingerprint density at radius 2 is 1.76 bits per heavy atom. The third-order valence-electron chi connectivity index (χ3n) is 4.76. The smallest absolute Gasteiger partial charge is 0.222 e. The number of benzene rings is 2. The molecule has 0 saturated heterocycles. The Bertz CT molecular complexity index is 933. The van der Waals surface area contributed by atoms with Gasteiger partial charge in [-0.1, -0.05) is 30.3 Å². The van der Waals surface area contributed by atoms with Gasteiger partial charge in [-0.05, 0) is 23.3 Å². The van der Waals surface area contributed by atoms with Crippen LogP contribution < -0.4 is 20.5 Å². The predicted octanol–water partition coefficient (Wildman–Crippen LogP) is 2.73. The highest BCUT2D eigenvalue weighted by molar-refractivity contribution is 5.77. The van der Waals surface area contributed by atoms with E-state index in [0.29, 0.717) is 17.3 Å². The van der Waals surface area contributed by atoms with E-state index >= 15 is 0 Å². The minimum atomic E-state index is -0.477. The number of ether oxygens (including phenoxy) is 2. The summed E-state index contributed by atoms with van der Waals surface area (Å²) < 4.78 is 12.6. The van der Waals surface area contributed by atoms with Crippen molar-refractivity contribution in [1.82, 2.24) is 14.9 Å². The van der Waals surface area contributed by atoms with E-state index in [1.807, 2.05) is 60.3 Å². The number of nitrogens with one attached hydrogen (secondary N) is 1. The quantitative estimate of drug-likeness (QED) is 0.613. The van der Waals surface area contributed by atoms with E-state index in [1.165, 1.54) is 0 Å². The maximum absolute atomic E-state index is 12.8. The molecule has 0 aliphatic carbocycles. The van der Waals surface area contributed by atoms with Gasteiger partial charge < -0.3 is 25.1 Å². The van der Waals surface area contributed by atoms with E-state index in [-0.39, 0.29) is 12.3 Å². The number of imidazole rings is 1. The number of carbonyl (C=O) groups excluding carboxylic acids is 1. The van der Waals surface area contributed by atoms with E-state index < -0.39 is 12.1 Å². The molecule has 3 N–H and O–H groups in total. The van der Waals surface area contributed by atoms with Gasteiger partial charge in [-0.2, -0.15) is 0 Å². The first-order chi connectivity index (χ1) is 14.0. The molecule has 7 nitrogen and oxygen atoms in total. The first kappa shape index (κ1) is 20.4. The van der Waals surface area contributed by atoms with E-state index in [4.69, 9.17) is 15.2 Å². The summed E-state index contributed by atoms with van der Waals surface area (Å²) in [6, 6.07) is 14.2. The van der Waals surface area contributed by atoms with Crippen LogP contribution in [0.4, 0.5) is 0 Å². The summed E-state index contributed by atoms with van der Waals surface area (Å²) in [5.74, 6) is 1.79. The molecular formula is C22H26N4O3. The van der Waals surface area contributed by atoms with Crippen LogP contribution in [0.3, 0.4) is 0 Å². The summed E-state index contributed by atoms with van der Waals surface area (Å²) in [7, 11) is 5.06. The van der Waals surface area contributed by atoms with Gasteiger partial charge in [0.2, 0.25) is 5.91 Å². The van der Waals surface area contributed by atoms with Crippen LogP contribution >= 0.6 is 0 Å². The van der Waals surface area contributed by atoms with E-state index in [2.05, 4.69) is 10.3 Å². The first-order valence-electron chi connectivity index (χ1n) is 9.32. The molecule has 29 heavy (non-hydrogen) atoms. The average molecular weight is 394 g/mol. The molecule has 0 aliphatic rings. The Labute approximate surface area is 170 Å². The number of nitrogens with zero attached hydrogens (tertiary/aromatic N) is 2. The number of hydrogen-bond acceptors (Lipinski definition) is 5. The molecule has 0 spiro atoms. The number of hydrogen-bond donors (Lipinski definition) is 2. The fourth-order valence-electron chi connectivity index (χ4n) is 3.19. The van der Waals surface area contributed by atoms with Gasteiger partial charge in [-0.3, -0.25) is 4.79 Å².